The monoisotopic (exact) mass is 401 g/mol. The summed E-state index contributed by atoms with van der Waals surface area (Å²) >= 11 is 1.21. The van der Waals surface area contributed by atoms with Crippen molar-refractivity contribution in [1.29, 1.82) is 0 Å². The molecule has 0 radical (unpaired) electrons. The Hall–Kier alpha value is -3.20. The number of nitrogens with one attached hydrogen (secondary N) is 1. The first-order chi connectivity index (χ1) is 13.6. The van der Waals surface area contributed by atoms with E-state index in [2.05, 4.69) is 10.6 Å². The van der Waals surface area contributed by atoms with Crippen LogP contribution < -0.4 is 24.6 Å². The molecule has 0 spiro atoms. The smallest absolute Gasteiger partial charge is 0.297 e. The van der Waals surface area contributed by atoms with Crippen molar-refractivity contribution in [3.05, 3.63) is 48.5 Å². The number of aromatic nitrogens is 2. The molecule has 0 saturated heterocycles. The largest absolute Gasteiger partial charge is 0.538 e. The van der Waals surface area contributed by atoms with Gasteiger partial charge in [0.25, 0.3) is 5.03 Å². The molecule has 3 rings (SSSR count). The molecule has 146 valence electrons. The minimum absolute atomic E-state index is 0.196. The number of rotatable bonds is 8. The van der Waals surface area contributed by atoms with Crippen LogP contribution >= 0.6 is 11.8 Å². The molecule has 0 bridgehead atoms. The zero-order valence-corrected chi connectivity index (χ0v) is 16.2. The number of thioether (sulfide) groups is 1. The van der Waals surface area contributed by atoms with Crippen molar-refractivity contribution in [2.75, 3.05) is 25.3 Å². The summed E-state index contributed by atoms with van der Waals surface area (Å²) in [5.74, 6) is 0.808. The van der Waals surface area contributed by atoms with Crippen molar-refractivity contribution < 1.29 is 28.6 Å². The molecule has 0 aliphatic carbocycles. The third kappa shape index (κ3) is 4.74. The molecule has 1 amide bonds. The molecular weight excluding hydrogens is 382 g/mol. The molecule has 2 aromatic carbocycles. The maximum absolute atomic E-state index is 12.2. The number of nitrogens with zero attached hydrogens (tertiary/aromatic N) is 2. The second kappa shape index (κ2) is 9.14. The normalized spacial score (nSPS) is 10.5. The Morgan fingerprint density at radius 2 is 1.86 bits per heavy atom. The van der Waals surface area contributed by atoms with E-state index >= 15 is 0 Å². The molecule has 0 unspecified atom stereocenters. The van der Waals surface area contributed by atoms with E-state index in [1.165, 1.54) is 16.4 Å². The fraction of sp³-hybridized carbons (Fsp3) is 0.211. The van der Waals surface area contributed by atoms with Gasteiger partial charge in [-0.05, 0) is 4.68 Å². The maximum Gasteiger partial charge on any atom is 0.297 e. The van der Waals surface area contributed by atoms with Gasteiger partial charge in [0.1, 0.15) is 11.5 Å². The first kappa shape index (κ1) is 19.6. The van der Waals surface area contributed by atoms with Crippen LogP contribution in [-0.4, -0.2) is 31.2 Å². The van der Waals surface area contributed by atoms with Crippen molar-refractivity contribution >= 4 is 23.4 Å². The summed E-state index contributed by atoms with van der Waals surface area (Å²) in [4.78, 5) is 12.2. The number of hydrogen-bond acceptors (Lipinski definition) is 7. The van der Waals surface area contributed by atoms with Crippen molar-refractivity contribution in [2.45, 2.75) is 11.4 Å². The highest BCUT2D eigenvalue weighted by atomic mass is 32.2. The van der Waals surface area contributed by atoms with E-state index in [1.54, 1.807) is 32.4 Å². The molecule has 0 atom stereocenters. The lowest BCUT2D eigenvalue weighted by Gasteiger charge is -2.09. The standard InChI is InChI=1S/C19H19N3O5S/c1-25-15-10-13(11-16(12-15)26-2)20-17(23)8-9-28-18-19(24)27-21-22(18)14-6-4-3-5-7-14/h3-7,10-12H,8-9H2,1-2H3,(H-,20,21,23,24). The van der Waals surface area contributed by atoms with E-state index in [4.69, 9.17) is 14.0 Å². The van der Waals surface area contributed by atoms with Crippen LogP contribution in [0, 0.1) is 0 Å². The number of anilines is 1. The summed E-state index contributed by atoms with van der Waals surface area (Å²) in [5, 5.41) is 18.8. The van der Waals surface area contributed by atoms with E-state index < -0.39 is 5.95 Å². The number of hydrogen-bond donors (Lipinski definition) is 1. The first-order valence-electron chi connectivity index (χ1n) is 8.41. The minimum atomic E-state index is -0.535. The Kier molecular flexibility index (Phi) is 6.38. The second-order valence-corrected chi connectivity index (χ2v) is 6.74. The zero-order chi connectivity index (χ0) is 19.9. The molecule has 3 aromatic rings. The number of methoxy groups -OCH3 is 2. The number of carbonyl (C=O) groups excluding carboxylic acids is 1. The fourth-order valence-corrected chi connectivity index (χ4v) is 3.33. The van der Waals surface area contributed by atoms with Gasteiger partial charge in [-0.15, -0.1) is 0 Å². The van der Waals surface area contributed by atoms with Crippen LogP contribution in [0.2, 0.25) is 0 Å². The Balaban J connectivity index is 1.60. The minimum Gasteiger partial charge on any atom is -0.538 e. The SMILES string of the molecule is COc1cc(NC(=O)CCSc2c([O-])on[n+]2-c2ccccc2)cc(OC)c1. The lowest BCUT2D eigenvalue weighted by Crippen LogP contribution is -2.34. The van der Waals surface area contributed by atoms with E-state index in [1.807, 2.05) is 30.3 Å². The molecule has 0 aliphatic rings. The molecular formula is C19H19N3O5S. The number of benzene rings is 2. The molecule has 8 nitrogen and oxygen atoms in total. The molecule has 0 saturated carbocycles. The average molecular weight is 401 g/mol. The highest BCUT2D eigenvalue weighted by molar-refractivity contribution is 7.99. The summed E-state index contributed by atoms with van der Waals surface area (Å²) in [7, 11) is 3.08. The second-order valence-electron chi connectivity index (χ2n) is 5.66. The van der Waals surface area contributed by atoms with Crippen LogP contribution in [-0.2, 0) is 4.79 Å². The summed E-state index contributed by atoms with van der Waals surface area (Å²) < 4.78 is 16.6. The van der Waals surface area contributed by atoms with Gasteiger partial charge < -0.3 is 24.4 Å². The fourth-order valence-electron chi connectivity index (χ4n) is 2.44. The third-order valence-electron chi connectivity index (χ3n) is 3.78. The van der Waals surface area contributed by atoms with Crippen molar-refractivity contribution in [1.82, 2.24) is 5.27 Å². The quantitative estimate of drug-likeness (QED) is 0.456. The highest BCUT2D eigenvalue weighted by Gasteiger charge is 2.21. The predicted molar refractivity (Wildman–Crippen MR) is 101 cm³/mol. The van der Waals surface area contributed by atoms with Gasteiger partial charge in [0, 0.05) is 48.2 Å². The van der Waals surface area contributed by atoms with Gasteiger partial charge in [-0.2, -0.15) is 0 Å². The molecule has 0 aliphatic heterocycles. The van der Waals surface area contributed by atoms with Crippen molar-refractivity contribution in [3.8, 4) is 23.1 Å². The molecule has 1 aromatic heterocycles. The van der Waals surface area contributed by atoms with Gasteiger partial charge in [-0.3, -0.25) is 4.79 Å². The van der Waals surface area contributed by atoms with Crippen LogP contribution in [0.5, 0.6) is 17.4 Å². The van der Waals surface area contributed by atoms with Gasteiger partial charge in [-0.1, -0.05) is 30.0 Å². The number of amides is 1. The number of carbonyl (C=O) groups is 1. The van der Waals surface area contributed by atoms with Crippen LogP contribution in [0.1, 0.15) is 6.42 Å². The number of ether oxygens (including phenoxy) is 2. The lowest BCUT2D eigenvalue weighted by atomic mass is 10.2. The van der Waals surface area contributed by atoms with Gasteiger partial charge in [0.15, 0.2) is 5.95 Å². The van der Waals surface area contributed by atoms with Gasteiger partial charge in [-0.25, -0.2) is 0 Å². The van der Waals surface area contributed by atoms with Crippen LogP contribution in [0.15, 0.2) is 58.1 Å². The third-order valence-corrected chi connectivity index (χ3v) is 4.80. The summed E-state index contributed by atoms with van der Waals surface area (Å²) in [6.45, 7) is 0. The Labute approximate surface area is 166 Å². The molecule has 1 heterocycles. The highest BCUT2D eigenvalue weighted by Crippen LogP contribution is 2.27. The van der Waals surface area contributed by atoms with Crippen LogP contribution in [0.3, 0.4) is 0 Å². The van der Waals surface area contributed by atoms with Crippen molar-refractivity contribution in [2.24, 2.45) is 0 Å². The first-order valence-corrected chi connectivity index (χ1v) is 9.39. The van der Waals surface area contributed by atoms with Crippen LogP contribution in [0.25, 0.3) is 5.69 Å². The number of para-hydroxylation sites is 1. The topological polar surface area (TPSA) is 101 Å². The lowest BCUT2D eigenvalue weighted by molar-refractivity contribution is -0.705. The van der Waals surface area contributed by atoms with E-state index in [0.717, 1.165) is 0 Å². The van der Waals surface area contributed by atoms with Crippen LogP contribution in [0.4, 0.5) is 5.69 Å². The Bertz CT molecular complexity index is 924. The predicted octanol–water partition coefficient (Wildman–Crippen LogP) is 2.16. The van der Waals surface area contributed by atoms with E-state index in [-0.39, 0.29) is 12.3 Å². The van der Waals surface area contributed by atoms with Gasteiger partial charge >= 0.3 is 0 Å². The zero-order valence-electron chi connectivity index (χ0n) is 15.4. The summed E-state index contributed by atoms with van der Waals surface area (Å²) in [5.41, 5.74) is 1.28. The average Bonchev–Trinajstić information content (AvgIpc) is 3.08. The molecule has 1 N–H and O–H groups in total. The maximum atomic E-state index is 12.2. The van der Waals surface area contributed by atoms with Gasteiger partial charge in [0.2, 0.25) is 11.6 Å². The summed E-state index contributed by atoms with van der Waals surface area (Å²) in [6, 6.07) is 14.3. The molecule has 0 fully saturated rings. The van der Waals surface area contributed by atoms with E-state index in [9.17, 15) is 9.90 Å². The molecule has 9 heteroatoms. The molecule has 28 heavy (non-hydrogen) atoms. The Morgan fingerprint density at radius 1 is 1.18 bits per heavy atom. The van der Waals surface area contributed by atoms with E-state index in [0.29, 0.717) is 33.7 Å². The van der Waals surface area contributed by atoms with Crippen molar-refractivity contribution in [3.63, 3.8) is 0 Å². The summed E-state index contributed by atoms with van der Waals surface area (Å²) in [6.07, 6.45) is 0.198. The Morgan fingerprint density at radius 3 is 2.50 bits per heavy atom. The van der Waals surface area contributed by atoms with Gasteiger partial charge in [0.05, 0.1) is 19.5 Å².